The number of esters is 1. The van der Waals surface area contributed by atoms with E-state index in [1.165, 1.54) is 6.42 Å². The summed E-state index contributed by atoms with van der Waals surface area (Å²) in [7, 11) is 0. The minimum absolute atomic E-state index is 0.0192. The van der Waals surface area contributed by atoms with Gasteiger partial charge in [0.1, 0.15) is 6.10 Å². The zero-order valence-corrected chi connectivity index (χ0v) is 10.2. The third-order valence-corrected chi connectivity index (χ3v) is 5.44. The van der Waals surface area contributed by atoms with Gasteiger partial charge >= 0.3 is 5.97 Å². The van der Waals surface area contributed by atoms with Crippen LogP contribution in [0.15, 0.2) is 0 Å². The van der Waals surface area contributed by atoms with Gasteiger partial charge < -0.3 is 4.74 Å². The highest BCUT2D eigenvalue weighted by atomic mass is 127. The Balaban J connectivity index is 2.17. The van der Waals surface area contributed by atoms with E-state index in [1.807, 2.05) is 6.92 Å². The van der Waals surface area contributed by atoms with Crippen LogP contribution < -0.4 is 0 Å². The van der Waals surface area contributed by atoms with Gasteiger partial charge in [-0.3, -0.25) is 4.79 Å². The van der Waals surface area contributed by atoms with E-state index in [9.17, 15) is 4.79 Å². The molecule has 0 N–H and O–H groups in total. The second kappa shape index (κ2) is 3.41. The van der Waals surface area contributed by atoms with Gasteiger partial charge in [0.05, 0.1) is 9.84 Å². The van der Waals surface area contributed by atoms with Crippen molar-refractivity contribution in [1.29, 1.82) is 0 Å². The molecule has 0 spiro atoms. The van der Waals surface area contributed by atoms with Gasteiger partial charge in [-0.2, -0.15) is 0 Å². The fraction of sp³-hybridized carbons (Fsp3) is 0.900. The Hall–Kier alpha value is 0.200. The summed E-state index contributed by atoms with van der Waals surface area (Å²) < 4.78 is 5.93. The minimum atomic E-state index is 0.0192. The molecule has 0 aromatic rings. The second-order valence-corrected chi connectivity index (χ2v) is 5.79. The number of hydrogen-bond donors (Lipinski definition) is 0. The van der Waals surface area contributed by atoms with Crippen LogP contribution in [0.3, 0.4) is 0 Å². The molecule has 74 valence electrons. The monoisotopic (exact) mass is 294 g/mol. The van der Waals surface area contributed by atoms with E-state index >= 15 is 0 Å². The summed E-state index contributed by atoms with van der Waals surface area (Å²) in [5, 5.41) is 0. The van der Waals surface area contributed by atoms with Crippen LogP contribution in [0.4, 0.5) is 0 Å². The number of carbonyl (C=O) groups excluding carboxylic acids is 1. The maximum atomic E-state index is 11.4. The quantitative estimate of drug-likeness (QED) is 0.389. The van der Waals surface area contributed by atoms with E-state index in [0.717, 1.165) is 6.42 Å². The molecule has 0 unspecified atom stereocenters. The molecular formula is C10H15IO2. The highest BCUT2D eigenvalue weighted by Crippen LogP contribution is 2.43. The molecule has 0 aromatic carbocycles. The number of rotatable bonds is 0. The fourth-order valence-electron chi connectivity index (χ4n) is 2.44. The zero-order chi connectivity index (χ0) is 9.59. The lowest BCUT2D eigenvalue weighted by Gasteiger charge is -2.33. The van der Waals surface area contributed by atoms with Gasteiger partial charge in [0.2, 0.25) is 0 Å². The Morgan fingerprint density at radius 2 is 2.08 bits per heavy atom. The molecule has 2 fully saturated rings. The van der Waals surface area contributed by atoms with Crippen LogP contribution in [-0.4, -0.2) is 16.0 Å². The highest BCUT2D eigenvalue weighted by molar-refractivity contribution is 14.1. The topological polar surface area (TPSA) is 26.3 Å². The van der Waals surface area contributed by atoms with E-state index in [0.29, 0.717) is 15.8 Å². The first-order valence-corrected chi connectivity index (χ1v) is 6.20. The third-order valence-electron chi connectivity index (χ3n) is 3.50. The van der Waals surface area contributed by atoms with Gasteiger partial charge in [0, 0.05) is 5.92 Å². The van der Waals surface area contributed by atoms with Crippen LogP contribution in [-0.2, 0) is 9.53 Å². The van der Waals surface area contributed by atoms with E-state index in [-0.39, 0.29) is 18.0 Å². The van der Waals surface area contributed by atoms with Crippen LogP contribution in [0, 0.1) is 17.8 Å². The first kappa shape index (κ1) is 9.74. The van der Waals surface area contributed by atoms with Crippen molar-refractivity contribution in [2.75, 3.05) is 0 Å². The summed E-state index contributed by atoms with van der Waals surface area (Å²) in [6.45, 7) is 4.26. The van der Waals surface area contributed by atoms with Crippen LogP contribution >= 0.6 is 22.6 Å². The van der Waals surface area contributed by atoms with Gasteiger partial charge in [-0.15, -0.1) is 0 Å². The highest BCUT2D eigenvalue weighted by Gasteiger charge is 2.48. The summed E-state index contributed by atoms with van der Waals surface area (Å²) in [6.07, 6.45) is 2.61. The number of alkyl halides is 1. The maximum Gasteiger partial charge on any atom is 0.309 e. The summed E-state index contributed by atoms with van der Waals surface area (Å²) in [5.41, 5.74) is 0. The molecule has 2 aliphatic rings. The van der Waals surface area contributed by atoms with Crippen molar-refractivity contribution in [3.63, 3.8) is 0 Å². The summed E-state index contributed by atoms with van der Waals surface area (Å²) in [4.78, 5) is 11.4. The summed E-state index contributed by atoms with van der Waals surface area (Å²) >= 11 is 2.44. The Kier molecular flexibility index (Phi) is 2.55. The van der Waals surface area contributed by atoms with Gasteiger partial charge in [-0.05, 0) is 18.8 Å². The fourth-order valence-corrected chi connectivity index (χ4v) is 3.48. The number of fused-ring (bicyclic) bond motifs is 1. The largest absolute Gasteiger partial charge is 0.461 e. The summed E-state index contributed by atoms with van der Waals surface area (Å²) in [5.74, 6) is 1.34. The Bertz CT molecular complexity index is 229. The van der Waals surface area contributed by atoms with Gasteiger partial charge in [0.25, 0.3) is 0 Å². The average Bonchev–Trinajstić information content (AvgIpc) is 2.38. The summed E-state index contributed by atoms with van der Waals surface area (Å²) in [6, 6.07) is 0. The molecule has 5 atom stereocenters. The Labute approximate surface area is 92.5 Å². The predicted molar refractivity (Wildman–Crippen MR) is 58.7 cm³/mol. The van der Waals surface area contributed by atoms with E-state index in [2.05, 4.69) is 29.5 Å². The number of hydrogen-bond acceptors (Lipinski definition) is 2. The zero-order valence-electron chi connectivity index (χ0n) is 8.00. The smallest absolute Gasteiger partial charge is 0.309 e. The lowest BCUT2D eigenvalue weighted by atomic mass is 9.77. The van der Waals surface area contributed by atoms with Crippen LogP contribution in [0.1, 0.15) is 26.7 Å². The first-order valence-electron chi connectivity index (χ1n) is 4.96. The first-order chi connectivity index (χ1) is 6.11. The van der Waals surface area contributed by atoms with Crippen LogP contribution in [0.2, 0.25) is 0 Å². The Morgan fingerprint density at radius 1 is 1.38 bits per heavy atom. The minimum Gasteiger partial charge on any atom is -0.461 e. The Morgan fingerprint density at radius 3 is 2.77 bits per heavy atom. The molecule has 2 rings (SSSR count). The molecule has 0 radical (unpaired) electrons. The molecule has 0 amide bonds. The lowest BCUT2D eigenvalue weighted by molar-refractivity contribution is -0.144. The average molecular weight is 294 g/mol. The number of ether oxygens (including phenoxy) is 1. The van der Waals surface area contributed by atoms with Crippen molar-refractivity contribution in [2.45, 2.75) is 36.7 Å². The second-order valence-electron chi connectivity index (χ2n) is 4.35. The molecule has 1 saturated carbocycles. The van der Waals surface area contributed by atoms with Crippen molar-refractivity contribution in [3.05, 3.63) is 0 Å². The van der Waals surface area contributed by atoms with Crippen molar-refractivity contribution in [2.24, 2.45) is 17.8 Å². The lowest BCUT2D eigenvalue weighted by Crippen LogP contribution is -2.37. The number of carbonyl (C=O) groups is 1. The molecule has 1 aliphatic carbocycles. The maximum absolute atomic E-state index is 11.4. The predicted octanol–water partition coefficient (Wildman–Crippen LogP) is 2.40. The van der Waals surface area contributed by atoms with Crippen molar-refractivity contribution in [1.82, 2.24) is 0 Å². The third kappa shape index (κ3) is 1.49. The molecule has 0 aromatic heterocycles. The molecule has 13 heavy (non-hydrogen) atoms. The van der Waals surface area contributed by atoms with E-state index in [4.69, 9.17) is 4.74 Å². The molecule has 1 aliphatic heterocycles. The number of halogens is 1. The van der Waals surface area contributed by atoms with Gasteiger partial charge in [-0.1, -0.05) is 36.4 Å². The normalized spacial score (nSPS) is 50.1. The van der Waals surface area contributed by atoms with E-state index in [1.54, 1.807) is 0 Å². The SMILES string of the molecule is C[C@@H]1CC[C@@H]2[C@@H](OC(=O)[C@H]2C)[C@@H]1I. The molecular weight excluding hydrogens is 279 g/mol. The van der Waals surface area contributed by atoms with Crippen LogP contribution in [0.5, 0.6) is 0 Å². The molecule has 1 heterocycles. The molecule has 3 heteroatoms. The van der Waals surface area contributed by atoms with Crippen molar-refractivity contribution < 1.29 is 9.53 Å². The molecule has 1 saturated heterocycles. The van der Waals surface area contributed by atoms with Gasteiger partial charge in [0.15, 0.2) is 0 Å². The van der Waals surface area contributed by atoms with Gasteiger partial charge in [-0.25, -0.2) is 0 Å². The standard InChI is InChI=1S/C10H15IO2/c1-5-3-4-7-6(2)10(12)13-9(7)8(5)11/h5-9H,3-4H2,1-2H3/t5-,6+,7+,8-,9-/m1/s1. The van der Waals surface area contributed by atoms with Crippen molar-refractivity contribution >= 4 is 28.6 Å². The van der Waals surface area contributed by atoms with Crippen LogP contribution in [0.25, 0.3) is 0 Å². The molecule has 2 nitrogen and oxygen atoms in total. The van der Waals surface area contributed by atoms with Crippen molar-refractivity contribution in [3.8, 4) is 0 Å². The van der Waals surface area contributed by atoms with E-state index < -0.39 is 0 Å². The molecule has 0 bridgehead atoms.